The first-order chi connectivity index (χ1) is 16.0. The van der Waals surface area contributed by atoms with Crippen molar-refractivity contribution in [1.82, 2.24) is 9.55 Å². The zero-order chi connectivity index (χ0) is 22.9. The van der Waals surface area contributed by atoms with Crippen molar-refractivity contribution in [1.29, 1.82) is 0 Å². The van der Waals surface area contributed by atoms with Gasteiger partial charge in [0.2, 0.25) is 0 Å². The molecule has 0 N–H and O–H groups in total. The van der Waals surface area contributed by atoms with Crippen LogP contribution < -0.4 is 5.56 Å². The van der Waals surface area contributed by atoms with Gasteiger partial charge in [-0.15, -0.1) is 0 Å². The maximum atomic E-state index is 13.6. The van der Waals surface area contributed by atoms with Crippen LogP contribution >= 0.6 is 22.6 Å². The maximum Gasteiger partial charge on any atom is 0.270 e. The molecule has 0 saturated heterocycles. The second kappa shape index (κ2) is 8.59. The molecule has 0 aliphatic heterocycles. The van der Waals surface area contributed by atoms with Crippen molar-refractivity contribution in [3.63, 3.8) is 0 Å². The van der Waals surface area contributed by atoms with E-state index in [9.17, 15) is 14.9 Å². The average molecular weight is 545 g/mol. The van der Waals surface area contributed by atoms with Crippen LogP contribution in [0.15, 0.2) is 89.7 Å². The summed E-state index contributed by atoms with van der Waals surface area (Å²) in [5.74, 6) is 0.440. The Balaban J connectivity index is 1.73. The number of hydrogen-bond donors (Lipinski definition) is 0. The van der Waals surface area contributed by atoms with E-state index in [0.717, 1.165) is 14.3 Å². The molecule has 6 nitrogen and oxygen atoms in total. The van der Waals surface area contributed by atoms with E-state index in [1.165, 1.54) is 12.1 Å². The number of fused-ring (bicyclic) bond motifs is 2. The highest BCUT2D eigenvalue weighted by Crippen LogP contribution is 2.22. The predicted molar refractivity (Wildman–Crippen MR) is 140 cm³/mol. The van der Waals surface area contributed by atoms with Crippen molar-refractivity contribution in [2.24, 2.45) is 0 Å². The summed E-state index contributed by atoms with van der Waals surface area (Å²) in [6.07, 6.45) is 3.44. The molecule has 0 unspecified atom stereocenters. The molecule has 5 rings (SSSR count). The summed E-state index contributed by atoms with van der Waals surface area (Å²) in [6.45, 7) is 0. The molecule has 0 saturated carbocycles. The molecule has 0 bridgehead atoms. The third-order valence-corrected chi connectivity index (χ3v) is 6.02. The summed E-state index contributed by atoms with van der Waals surface area (Å²) in [7, 11) is 0. The van der Waals surface area contributed by atoms with E-state index in [0.29, 0.717) is 28.0 Å². The van der Waals surface area contributed by atoms with Gasteiger partial charge in [0.05, 0.1) is 21.5 Å². The number of halogens is 1. The molecule has 1 aromatic heterocycles. The van der Waals surface area contributed by atoms with E-state index in [1.54, 1.807) is 28.9 Å². The smallest absolute Gasteiger partial charge is 0.268 e. The fourth-order valence-electron chi connectivity index (χ4n) is 3.76. The van der Waals surface area contributed by atoms with Gasteiger partial charge in [-0.1, -0.05) is 48.5 Å². The number of hydrogen-bond acceptors (Lipinski definition) is 4. The first-order valence-corrected chi connectivity index (χ1v) is 11.2. The topological polar surface area (TPSA) is 78.0 Å². The number of aromatic nitrogens is 2. The summed E-state index contributed by atoms with van der Waals surface area (Å²) in [6, 6.07) is 25.7. The van der Waals surface area contributed by atoms with Crippen molar-refractivity contribution in [2.45, 2.75) is 0 Å². The van der Waals surface area contributed by atoms with Crippen molar-refractivity contribution < 1.29 is 4.92 Å². The number of benzene rings is 4. The predicted octanol–water partition coefficient (Wildman–Crippen LogP) is 6.22. The molecule has 0 fully saturated rings. The number of nitro benzene ring substituents is 1. The summed E-state index contributed by atoms with van der Waals surface area (Å²) in [4.78, 5) is 29.0. The van der Waals surface area contributed by atoms with Crippen LogP contribution in [0.25, 0.3) is 39.5 Å². The molecule has 4 aromatic carbocycles. The van der Waals surface area contributed by atoms with Crippen LogP contribution in [-0.4, -0.2) is 14.5 Å². The number of nitro groups is 1. The first kappa shape index (κ1) is 21.0. The lowest BCUT2D eigenvalue weighted by atomic mass is 10.1. The van der Waals surface area contributed by atoms with E-state index in [1.807, 2.05) is 60.7 Å². The Morgan fingerprint density at radius 2 is 1.70 bits per heavy atom. The second-order valence-electron chi connectivity index (χ2n) is 7.49. The minimum absolute atomic E-state index is 0.00474. The maximum absolute atomic E-state index is 13.6. The molecule has 0 amide bonds. The van der Waals surface area contributed by atoms with E-state index < -0.39 is 4.92 Å². The van der Waals surface area contributed by atoms with Gasteiger partial charge in [-0.25, -0.2) is 4.98 Å². The van der Waals surface area contributed by atoms with E-state index in [-0.39, 0.29) is 11.2 Å². The van der Waals surface area contributed by atoms with E-state index >= 15 is 0 Å². The van der Waals surface area contributed by atoms with Crippen molar-refractivity contribution >= 4 is 62.1 Å². The quantitative estimate of drug-likeness (QED) is 0.153. The van der Waals surface area contributed by atoms with Gasteiger partial charge in [0.15, 0.2) is 0 Å². The largest absolute Gasteiger partial charge is 0.270 e. The zero-order valence-electron chi connectivity index (χ0n) is 17.2. The van der Waals surface area contributed by atoms with Gasteiger partial charge in [-0.3, -0.25) is 19.5 Å². The standard InChI is InChI=1S/C26H16IN3O3/c27-20-10-12-24-23(16-20)26(31)29(21-11-9-18-5-1-2-6-19(18)15-21)25(28-24)13-8-17-4-3-7-22(14-17)30(32)33/h1-16H. The fraction of sp³-hybridized carbons (Fsp3) is 0. The SMILES string of the molecule is O=c1c2cc(I)ccc2nc(C=Cc2cccc([N+](=O)[O-])c2)n1-c1ccc2ccccc2c1. The van der Waals surface area contributed by atoms with Gasteiger partial charge < -0.3 is 0 Å². The van der Waals surface area contributed by atoms with Crippen LogP contribution in [-0.2, 0) is 0 Å². The Hall–Kier alpha value is -3.85. The molecule has 5 aromatic rings. The minimum atomic E-state index is -0.432. The molecule has 160 valence electrons. The second-order valence-corrected chi connectivity index (χ2v) is 8.73. The van der Waals surface area contributed by atoms with Gasteiger partial charge in [-0.2, -0.15) is 0 Å². The Morgan fingerprint density at radius 3 is 2.52 bits per heavy atom. The summed E-state index contributed by atoms with van der Waals surface area (Å²) >= 11 is 2.18. The highest BCUT2D eigenvalue weighted by molar-refractivity contribution is 14.1. The van der Waals surface area contributed by atoms with Gasteiger partial charge in [0.1, 0.15) is 5.82 Å². The lowest BCUT2D eigenvalue weighted by Crippen LogP contribution is -2.22. The monoisotopic (exact) mass is 545 g/mol. The molecule has 0 aliphatic rings. The third-order valence-electron chi connectivity index (χ3n) is 5.35. The third kappa shape index (κ3) is 4.14. The molecule has 1 heterocycles. The van der Waals surface area contributed by atoms with Crippen LogP contribution in [0.1, 0.15) is 11.4 Å². The highest BCUT2D eigenvalue weighted by Gasteiger charge is 2.12. The van der Waals surface area contributed by atoms with Gasteiger partial charge >= 0.3 is 0 Å². The van der Waals surface area contributed by atoms with Crippen molar-refractivity contribution in [3.8, 4) is 5.69 Å². The Labute approximate surface area is 202 Å². The average Bonchev–Trinajstić information content (AvgIpc) is 2.83. The highest BCUT2D eigenvalue weighted by atomic mass is 127. The van der Waals surface area contributed by atoms with Gasteiger partial charge in [0, 0.05) is 15.7 Å². The van der Waals surface area contributed by atoms with Gasteiger partial charge in [0.25, 0.3) is 11.2 Å². The number of nitrogens with zero attached hydrogens (tertiary/aromatic N) is 3. The summed E-state index contributed by atoms with van der Waals surface area (Å²) < 4.78 is 2.53. The van der Waals surface area contributed by atoms with Crippen LogP contribution in [0.2, 0.25) is 0 Å². The molecular formula is C26H16IN3O3. The van der Waals surface area contributed by atoms with Crippen LogP contribution in [0.4, 0.5) is 5.69 Å². The fourth-order valence-corrected chi connectivity index (χ4v) is 4.26. The lowest BCUT2D eigenvalue weighted by Gasteiger charge is -2.12. The molecular weight excluding hydrogens is 529 g/mol. The first-order valence-electron chi connectivity index (χ1n) is 10.1. The number of rotatable bonds is 4. The molecule has 7 heteroatoms. The Kier molecular flexibility index (Phi) is 5.47. The van der Waals surface area contributed by atoms with E-state index in [4.69, 9.17) is 4.98 Å². The zero-order valence-corrected chi connectivity index (χ0v) is 19.3. The normalized spacial score (nSPS) is 11.4. The summed E-state index contributed by atoms with van der Waals surface area (Å²) in [5.41, 5.74) is 1.77. The van der Waals surface area contributed by atoms with E-state index in [2.05, 4.69) is 22.6 Å². The van der Waals surface area contributed by atoms with Crippen LogP contribution in [0.3, 0.4) is 0 Å². The molecule has 0 spiro atoms. The number of non-ortho nitro benzene ring substituents is 1. The Morgan fingerprint density at radius 1 is 0.879 bits per heavy atom. The van der Waals surface area contributed by atoms with Crippen molar-refractivity contribution in [2.75, 3.05) is 0 Å². The van der Waals surface area contributed by atoms with Crippen molar-refractivity contribution in [3.05, 3.63) is 120 Å². The molecule has 0 aliphatic carbocycles. The van der Waals surface area contributed by atoms with Gasteiger partial charge in [-0.05, 0) is 75.3 Å². The van der Waals surface area contributed by atoms with Crippen LogP contribution in [0.5, 0.6) is 0 Å². The molecule has 0 radical (unpaired) electrons. The summed E-state index contributed by atoms with van der Waals surface area (Å²) in [5, 5.41) is 13.7. The Bertz CT molecular complexity index is 1640. The minimum Gasteiger partial charge on any atom is -0.268 e. The lowest BCUT2D eigenvalue weighted by molar-refractivity contribution is -0.384. The molecule has 0 atom stereocenters. The van der Waals surface area contributed by atoms with Crippen LogP contribution in [0, 0.1) is 13.7 Å². The molecule has 33 heavy (non-hydrogen) atoms.